The van der Waals surface area contributed by atoms with Gasteiger partial charge in [0.25, 0.3) is 0 Å². The third kappa shape index (κ3) is 3.60. The first kappa shape index (κ1) is 15.5. The Balaban J connectivity index is 2.03. The molecule has 0 saturated carbocycles. The first-order valence-electron chi connectivity index (χ1n) is 7.03. The summed E-state index contributed by atoms with van der Waals surface area (Å²) in [5.74, 6) is 0.171. The van der Waals surface area contributed by atoms with Gasteiger partial charge >= 0.3 is 0 Å². The summed E-state index contributed by atoms with van der Waals surface area (Å²) in [6, 6.07) is 6.29. The zero-order chi connectivity index (χ0) is 15.4. The van der Waals surface area contributed by atoms with Crippen molar-refractivity contribution >= 4 is 0 Å². The van der Waals surface area contributed by atoms with E-state index in [4.69, 9.17) is 10.5 Å². The molecule has 2 aromatic rings. The van der Waals surface area contributed by atoms with Crippen LogP contribution in [-0.2, 0) is 24.5 Å². The van der Waals surface area contributed by atoms with Crippen molar-refractivity contribution in [3.8, 4) is 5.75 Å². The zero-order valence-corrected chi connectivity index (χ0v) is 12.8. The van der Waals surface area contributed by atoms with E-state index < -0.39 is 0 Å². The molecule has 0 atom stereocenters. The van der Waals surface area contributed by atoms with Gasteiger partial charge in [0.2, 0.25) is 0 Å². The van der Waals surface area contributed by atoms with Gasteiger partial charge in [-0.05, 0) is 37.5 Å². The third-order valence-corrected chi connectivity index (χ3v) is 3.73. The highest BCUT2D eigenvalue weighted by molar-refractivity contribution is 5.40. The molecule has 2 rings (SSSR count). The van der Waals surface area contributed by atoms with Crippen molar-refractivity contribution in [2.75, 3.05) is 0 Å². The van der Waals surface area contributed by atoms with Gasteiger partial charge in [-0.25, -0.2) is 0 Å². The van der Waals surface area contributed by atoms with Crippen molar-refractivity contribution in [2.24, 2.45) is 5.73 Å². The van der Waals surface area contributed by atoms with Gasteiger partial charge in [0, 0.05) is 23.9 Å². The van der Waals surface area contributed by atoms with E-state index in [9.17, 15) is 5.11 Å². The highest BCUT2D eigenvalue weighted by Crippen LogP contribution is 2.24. The molecule has 0 radical (unpaired) electrons. The van der Waals surface area contributed by atoms with Gasteiger partial charge in [0.15, 0.2) is 0 Å². The minimum absolute atomic E-state index is 0.171. The predicted molar refractivity (Wildman–Crippen MR) is 82.9 cm³/mol. The fraction of sp³-hybridized carbons (Fsp3) is 0.353. The lowest BCUT2D eigenvalue weighted by atomic mass is 10.1. The molecule has 1 heterocycles. The van der Waals surface area contributed by atoms with Crippen LogP contribution >= 0.6 is 0 Å². The molecule has 4 nitrogen and oxygen atoms in total. The number of ether oxygens (including phenoxy) is 1. The van der Waals surface area contributed by atoms with Crippen LogP contribution in [0.3, 0.4) is 0 Å². The number of rotatable bonds is 5. The molecule has 0 unspecified atom stereocenters. The maximum Gasteiger partial charge on any atom is 0.141 e. The number of aromatic nitrogens is 1. The quantitative estimate of drug-likeness (QED) is 0.886. The van der Waals surface area contributed by atoms with E-state index in [2.05, 4.69) is 37.0 Å². The SMILES string of the molecule is Cc1ccc(COCc2cnc(C)c(O)c2CN)cc1C. The number of nitrogens with zero attached hydrogens (tertiary/aromatic N) is 1. The summed E-state index contributed by atoms with van der Waals surface area (Å²) in [5.41, 5.74) is 11.5. The van der Waals surface area contributed by atoms with Crippen molar-refractivity contribution in [3.05, 3.63) is 57.9 Å². The van der Waals surface area contributed by atoms with Crippen LogP contribution in [0.4, 0.5) is 0 Å². The van der Waals surface area contributed by atoms with E-state index in [0.717, 1.165) is 11.1 Å². The fourth-order valence-corrected chi connectivity index (χ4v) is 2.21. The molecule has 0 aliphatic carbocycles. The first-order chi connectivity index (χ1) is 10.0. The smallest absolute Gasteiger partial charge is 0.141 e. The maximum atomic E-state index is 9.96. The van der Waals surface area contributed by atoms with Gasteiger partial charge in [-0.1, -0.05) is 18.2 Å². The largest absolute Gasteiger partial charge is 0.506 e. The van der Waals surface area contributed by atoms with Crippen molar-refractivity contribution in [1.82, 2.24) is 4.98 Å². The molecule has 0 fully saturated rings. The average molecular weight is 286 g/mol. The van der Waals surface area contributed by atoms with E-state index in [1.807, 2.05) is 0 Å². The molecular weight excluding hydrogens is 264 g/mol. The monoisotopic (exact) mass is 286 g/mol. The van der Waals surface area contributed by atoms with Gasteiger partial charge < -0.3 is 15.6 Å². The van der Waals surface area contributed by atoms with E-state index in [0.29, 0.717) is 24.5 Å². The van der Waals surface area contributed by atoms with Crippen LogP contribution in [0.1, 0.15) is 33.5 Å². The lowest BCUT2D eigenvalue weighted by Gasteiger charge is -2.12. The van der Waals surface area contributed by atoms with Gasteiger partial charge in [-0.3, -0.25) is 4.98 Å². The van der Waals surface area contributed by atoms with Gasteiger partial charge in [0.05, 0.1) is 18.9 Å². The Hall–Kier alpha value is -1.91. The molecule has 0 aliphatic rings. The highest BCUT2D eigenvalue weighted by Gasteiger charge is 2.10. The van der Waals surface area contributed by atoms with Crippen LogP contribution in [0.15, 0.2) is 24.4 Å². The summed E-state index contributed by atoms with van der Waals surface area (Å²) in [6.07, 6.45) is 1.72. The normalized spacial score (nSPS) is 10.9. The van der Waals surface area contributed by atoms with Gasteiger partial charge in [-0.2, -0.15) is 0 Å². The van der Waals surface area contributed by atoms with Crippen molar-refractivity contribution < 1.29 is 9.84 Å². The molecule has 1 aromatic carbocycles. The minimum atomic E-state index is 0.171. The molecule has 3 N–H and O–H groups in total. The summed E-state index contributed by atoms with van der Waals surface area (Å²) < 4.78 is 5.73. The first-order valence-corrected chi connectivity index (χ1v) is 7.03. The van der Waals surface area contributed by atoms with Gasteiger partial charge in [0.1, 0.15) is 5.75 Å². The lowest BCUT2D eigenvalue weighted by Crippen LogP contribution is -2.06. The topological polar surface area (TPSA) is 68.4 Å². The number of benzene rings is 1. The molecule has 0 amide bonds. The highest BCUT2D eigenvalue weighted by atomic mass is 16.5. The second-order valence-electron chi connectivity index (χ2n) is 5.31. The number of hydrogen-bond acceptors (Lipinski definition) is 4. The van der Waals surface area contributed by atoms with E-state index >= 15 is 0 Å². The Bertz CT molecular complexity index is 639. The van der Waals surface area contributed by atoms with Crippen LogP contribution in [-0.4, -0.2) is 10.1 Å². The second-order valence-corrected chi connectivity index (χ2v) is 5.31. The minimum Gasteiger partial charge on any atom is -0.506 e. The number of aromatic hydroxyl groups is 1. The summed E-state index contributed by atoms with van der Waals surface area (Å²) in [6.45, 7) is 7.13. The Kier molecular flexibility index (Phi) is 4.94. The summed E-state index contributed by atoms with van der Waals surface area (Å²) in [7, 11) is 0. The van der Waals surface area contributed by atoms with Crippen LogP contribution in [0.2, 0.25) is 0 Å². The Labute approximate surface area is 125 Å². The number of hydrogen-bond donors (Lipinski definition) is 2. The zero-order valence-electron chi connectivity index (χ0n) is 12.8. The standard InChI is InChI=1S/C17H22N2O2/c1-11-4-5-14(6-12(11)2)9-21-10-15-8-19-13(3)17(20)16(15)7-18/h4-6,8,20H,7,9-10,18H2,1-3H3. The summed E-state index contributed by atoms with van der Waals surface area (Å²) in [5, 5.41) is 9.96. The average Bonchev–Trinajstić information content (AvgIpc) is 2.47. The number of pyridine rings is 1. The van der Waals surface area contributed by atoms with E-state index in [1.54, 1.807) is 13.1 Å². The predicted octanol–water partition coefficient (Wildman–Crippen LogP) is 2.89. The van der Waals surface area contributed by atoms with Crippen LogP contribution in [0.5, 0.6) is 5.75 Å². The molecule has 1 aromatic heterocycles. The van der Waals surface area contributed by atoms with Crippen LogP contribution < -0.4 is 5.73 Å². The lowest BCUT2D eigenvalue weighted by molar-refractivity contribution is 0.106. The van der Waals surface area contributed by atoms with E-state index in [-0.39, 0.29) is 12.3 Å². The van der Waals surface area contributed by atoms with Crippen molar-refractivity contribution in [2.45, 2.75) is 40.5 Å². The third-order valence-electron chi connectivity index (χ3n) is 3.73. The Morgan fingerprint density at radius 2 is 1.90 bits per heavy atom. The van der Waals surface area contributed by atoms with Crippen molar-refractivity contribution in [3.63, 3.8) is 0 Å². The second kappa shape index (κ2) is 6.70. The van der Waals surface area contributed by atoms with Crippen LogP contribution in [0, 0.1) is 20.8 Å². The number of aryl methyl sites for hydroxylation is 3. The van der Waals surface area contributed by atoms with Crippen molar-refractivity contribution in [1.29, 1.82) is 0 Å². The number of nitrogens with two attached hydrogens (primary N) is 1. The maximum absolute atomic E-state index is 9.96. The van der Waals surface area contributed by atoms with Gasteiger partial charge in [-0.15, -0.1) is 0 Å². The fourth-order valence-electron chi connectivity index (χ4n) is 2.21. The molecule has 0 bridgehead atoms. The Morgan fingerprint density at radius 1 is 1.14 bits per heavy atom. The molecule has 0 spiro atoms. The molecule has 4 heteroatoms. The van der Waals surface area contributed by atoms with Crippen LogP contribution in [0.25, 0.3) is 0 Å². The van der Waals surface area contributed by atoms with E-state index in [1.165, 1.54) is 11.1 Å². The molecule has 112 valence electrons. The molecule has 0 aliphatic heterocycles. The molecular formula is C17H22N2O2. The Morgan fingerprint density at radius 3 is 2.57 bits per heavy atom. The molecule has 21 heavy (non-hydrogen) atoms. The summed E-state index contributed by atoms with van der Waals surface area (Å²) in [4.78, 5) is 4.15. The summed E-state index contributed by atoms with van der Waals surface area (Å²) >= 11 is 0. The molecule has 0 saturated heterocycles.